The molecule has 0 unspecified atom stereocenters. The molecular formula is C27H22ClF3N4O2. The van der Waals surface area contributed by atoms with Gasteiger partial charge in [-0.2, -0.15) is 18.3 Å². The van der Waals surface area contributed by atoms with E-state index in [0.29, 0.717) is 21.7 Å². The van der Waals surface area contributed by atoms with Gasteiger partial charge in [0.2, 0.25) is 0 Å². The second-order valence-corrected chi connectivity index (χ2v) is 9.20. The molecule has 3 aromatic carbocycles. The highest BCUT2D eigenvalue weighted by molar-refractivity contribution is 6.30. The summed E-state index contributed by atoms with van der Waals surface area (Å²) in [6, 6.07) is 21.0. The Hall–Kier alpha value is -3.82. The molecule has 0 saturated carbocycles. The Morgan fingerprint density at radius 1 is 1.05 bits per heavy atom. The molecule has 0 fully saturated rings. The van der Waals surface area contributed by atoms with Crippen LogP contribution in [0.25, 0.3) is 0 Å². The van der Waals surface area contributed by atoms with Crippen LogP contribution in [0.3, 0.4) is 0 Å². The second-order valence-electron chi connectivity index (χ2n) is 8.76. The predicted octanol–water partition coefficient (Wildman–Crippen LogP) is 6.53. The number of rotatable bonds is 5. The molecule has 5 rings (SSSR count). The Labute approximate surface area is 215 Å². The van der Waals surface area contributed by atoms with Crippen molar-refractivity contribution in [3.8, 4) is 0 Å². The fraction of sp³-hybridized carbons (Fsp3) is 0.185. The van der Waals surface area contributed by atoms with Gasteiger partial charge < -0.3 is 15.7 Å². The van der Waals surface area contributed by atoms with E-state index in [2.05, 4.69) is 15.7 Å². The molecule has 3 atom stereocenters. The molecular weight excluding hydrogens is 505 g/mol. The standard InChI is InChI=1S/C27H22ClF3N4O2/c28-18-11-12-20(19(13-18)25(36)17-9-5-2-6-10-17)33-26(37)22-15-24-32-21(16-7-3-1-4-8-16)14-23(27(29,30)31)35(24)34-22/h1-13,15,21,23,25,32,36H,14H2,(H,33,37)/t21-,23-,25+/m0/s1. The Morgan fingerprint density at radius 3 is 2.41 bits per heavy atom. The molecule has 190 valence electrons. The third kappa shape index (κ3) is 5.19. The lowest BCUT2D eigenvalue weighted by molar-refractivity contribution is -0.173. The summed E-state index contributed by atoms with van der Waals surface area (Å²) in [7, 11) is 0. The summed E-state index contributed by atoms with van der Waals surface area (Å²) >= 11 is 6.14. The molecule has 6 nitrogen and oxygen atoms in total. The topological polar surface area (TPSA) is 79.2 Å². The van der Waals surface area contributed by atoms with Crippen LogP contribution in [0.15, 0.2) is 84.9 Å². The first-order valence-electron chi connectivity index (χ1n) is 11.5. The zero-order valence-corrected chi connectivity index (χ0v) is 20.0. The highest BCUT2D eigenvalue weighted by Crippen LogP contribution is 2.43. The fourth-order valence-corrected chi connectivity index (χ4v) is 4.64. The normalized spacial score (nSPS) is 18.0. The van der Waals surface area contributed by atoms with E-state index in [9.17, 15) is 23.1 Å². The molecule has 2 heterocycles. The van der Waals surface area contributed by atoms with Crippen molar-refractivity contribution >= 4 is 29.0 Å². The number of halogens is 4. The highest BCUT2D eigenvalue weighted by atomic mass is 35.5. The SMILES string of the molecule is O=C(Nc1ccc(Cl)cc1[C@H](O)c1ccccc1)c1cc2n(n1)[C@H](C(F)(F)F)C[C@@H](c1ccccc1)N2. The molecule has 0 radical (unpaired) electrons. The number of hydrogen-bond acceptors (Lipinski definition) is 4. The fourth-order valence-electron chi connectivity index (χ4n) is 4.46. The van der Waals surface area contributed by atoms with Crippen LogP contribution in [-0.2, 0) is 0 Å². The largest absolute Gasteiger partial charge is 0.410 e. The summed E-state index contributed by atoms with van der Waals surface area (Å²) in [6.45, 7) is 0. The van der Waals surface area contributed by atoms with Gasteiger partial charge in [-0.05, 0) is 29.3 Å². The predicted molar refractivity (Wildman–Crippen MR) is 135 cm³/mol. The molecule has 37 heavy (non-hydrogen) atoms. The number of amides is 1. The Kier molecular flexibility index (Phi) is 6.66. The zero-order valence-electron chi connectivity index (χ0n) is 19.3. The van der Waals surface area contributed by atoms with Crippen molar-refractivity contribution in [1.29, 1.82) is 0 Å². The maximum absolute atomic E-state index is 14.0. The average Bonchev–Trinajstić information content (AvgIpc) is 3.33. The first kappa shape index (κ1) is 24.9. The van der Waals surface area contributed by atoms with E-state index in [1.165, 1.54) is 18.2 Å². The number of benzene rings is 3. The first-order valence-corrected chi connectivity index (χ1v) is 11.9. The van der Waals surface area contributed by atoms with Crippen molar-refractivity contribution in [2.24, 2.45) is 0 Å². The summed E-state index contributed by atoms with van der Waals surface area (Å²) in [5, 5.41) is 21.0. The number of carbonyl (C=O) groups is 1. The number of nitrogens with one attached hydrogen (secondary N) is 2. The van der Waals surface area contributed by atoms with E-state index in [1.807, 2.05) is 6.07 Å². The molecule has 1 amide bonds. The minimum Gasteiger partial charge on any atom is -0.384 e. The van der Waals surface area contributed by atoms with Crippen LogP contribution in [0.1, 0.15) is 51.8 Å². The number of alkyl halides is 3. The van der Waals surface area contributed by atoms with Crippen molar-refractivity contribution in [1.82, 2.24) is 9.78 Å². The molecule has 3 N–H and O–H groups in total. The van der Waals surface area contributed by atoms with E-state index in [1.54, 1.807) is 60.7 Å². The maximum Gasteiger partial charge on any atom is 0.410 e. The van der Waals surface area contributed by atoms with Crippen molar-refractivity contribution in [2.75, 3.05) is 10.6 Å². The average molecular weight is 527 g/mol. The second kappa shape index (κ2) is 9.91. The van der Waals surface area contributed by atoms with Gasteiger partial charge in [0.15, 0.2) is 11.7 Å². The van der Waals surface area contributed by atoms with Gasteiger partial charge in [-0.1, -0.05) is 72.3 Å². The van der Waals surface area contributed by atoms with Crippen molar-refractivity contribution in [2.45, 2.75) is 30.8 Å². The van der Waals surface area contributed by atoms with Crippen molar-refractivity contribution in [3.63, 3.8) is 0 Å². The smallest absolute Gasteiger partial charge is 0.384 e. The summed E-state index contributed by atoms with van der Waals surface area (Å²) in [5.74, 6) is -0.627. The van der Waals surface area contributed by atoms with Gasteiger partial charge >= 0.3 is 6.18 Å². The summed E-state index contributed by atoms with van der Waals surface area (Å²) in [5.41, 5.74) is 1.70. The summed E-state index contributed by atoms with van der Waals surface area (Å²) in [4.78, 5) is 13.1. The van der Waals surface area contributed by atoms with Gasteiger partial charge in [0.25, 0.3) is 5.91 Å². The van der Waals surface area contributed by atoms with Crippen LogP contribution in [0.2, 0.25) is 5.02 Å². The van der Waals surface area contributed by atoms with Crippen LogP contribution in [0, 0.1) is 0 Å². The number of nitrogens with zero attached hydrogens (tertiary/aromatic N) is 2. The first-order chi connectivity index (χ1) is 17.7. The lowest BCUT2D eigenvalue weighted by Crippen LogP contribution is -2.35. The Morgan fingerprint density at radius 2 is 1.73 bits per heavy atom. The molecule has 10 heteroatoms. The van der Waals surface area contributed by atoms with E-state index >= 15 is 0 Å². The molecule has 4 aromatic rings. The summed E-state index contributed by atoms with van der Waals surface area (Å²) < 4.78 is 42.7. The van der Waals surface area contributed by atoms with E-state index < -0.39 is 30.3 Å². The molecule has 1 aliphatic rings. The van der Waals surface area contributed by atoms with E-state index in [4.69, 9.17) is 11.6 Å². The number of hydrogen-bond donors (Lipinski definition) is 3. The minimum atomic E-state index is -4.56. The van der Waals surface area contributed by atoms with E-state index in [-0.39, 0.29) is 23.6 Å². The van der Waals surface area contributed by atoms with Crippen LogP contribution in [-0.4, -0.2) is 27.0 Å². The van der Waals surface area contributed by atoms with Gasteiger partial charge in [-0.3, -0.25) is 4.79 Å². The molecule has 1 aromatic heterocycles. The van der Waals surface area contributed by atoms with Crippen molar-refractivity contribution in [3.05, 3.63) is 112 Å². The minimum absolute atomic E-state index is 0.0910. The Balaban J connectivity index is 1.45. The highest BCUT2D eigenvalue weighted by Gasteiger charge is 2.46. The van der Waals surface area contributed by atoms with Gasteiger partial charge in [0.05, 0.1) is 6.04 Å². The van der Waals surface area contributed by atoms with Crippen molar-refractivity contribution < 1.29 is 23.1 Å². The van der Waals surface area contributed by atoms with Gasteiger partial charge in [0, 0.05) is 28.8 Å². The van der Waals surface area contributed by atoms with Crippen LogP contribution >= 0.6 is 11.6 Å². The van der Waals surface area contributed by atoms with Crippen LogP contribution in [0.4, 0.5) is 24.7 Å². The maximum atomic E-state index is 14.0. The molecule has 0 aliphatic carbocycles. The van der Waals surface area contributed by atoms with Crippen LogP contribution < -0.4 is 10.6 Å². The molecule has 0 spiro atoms. The number of carbonyl (C=O) groups excluding carboxylic acids is 1. The van der Waals surface area contributed by atoms with Gasteiger partial charge in [-0.15, -0.1) is 0 Å². The molecule has 0 bridgehead atoms. The summed E-state index contributed by atoms with van der Waals surface area (Å²) in [6.07, 6.45) is -5.92. The zero-order chi connectivity index (χ0) is 26.2. The number of anilines is 2. The third-order valence-electron chi connectivity index (χ3n) is 6.30. The lowest BCUT2D eigenvalue weighted by atomic mass is 9.97. The number of aromatic nitrogens is 2. The quantitative estimate of drug-likeness (QED) is 0.276. The lowest BCUT2D eigenvalue weighted by Gasteiger charge is -2.33. The Bertz CT molecular complexity index is 1410. The number of fused-ring (bicyclic) bond motifs is 1. The van der Waals surface area contributed by atoms with E-state index in [0.717, 1.165) is 4.68 Å². The number of aliphatic hydroxyl groups excluding tert-OH is 1. The number of aliphatic hydroxyl groups is 1. The molecule has 0 saturated heterocycles. The third-order valence-corrected chi connectivity index (χ3v) is 6.53. The monoisotopic (exact) mass is 526 g/mol. The molecule has 1 aliphatic heterocycles. The van der Waals surface area contributed by atoms with Gasteiger partial charge in [-0.25, -0.2) is 4.68 Å². The van der Waals surface area contributed by atoms with Gasteiger partial charge in [0.1, 0.15) is 11.9 Å². The van der Waals surface area contributed by atoms with Crippen LogP contribution in [0.5, 0.6) is 0 Å².